The van der Waals surface area contributed by atoms with Crippen molar-refractivity contribution in [2.75, 3.05) is 6.61 Å². The van der Waals surface area contributed by atoms with E-state index in [1.54, 1.807) is 17.6 Å². The van der Waals surface area contributed by atoms with Crippen molar-refractivity contribution < 1.29 is 14.3 Å². The predicted molar refractivity (Wildman–Crippen MR) is 87.7 cm³/mol. The molecule has 0 radical (unpaired) electrons. The highest BCUT2D eigenvalue weighted by Crippen LogP contribution is 2.29. The Kier molecular flexibility index (Phi) is 5.97. The smallest absolute Gasteiger partial charge is 0.236 e. The van der Waals surface area contributed by atoms with E-state index in [4.69, 9.17) is 9.47 Å². The fourth-order valence-electron chi connectivity index (χ4n) is 1.73. The lowest BCUT2D eigenvalue weighted by molar-refractivity contribution is -0.118. The minimum absolute atomic E-state index is 0.211. The van der Waals surface area contributed by atoms with Crippen molar-refractivity contribution in [1.29, 1.82) is 0 Å². The molecule has 2 aromatic rings. The minimum atomic E-state index is -0.211. The van der Waals surface area contributed by atoms with Crippen LogP contribution < -0.4 is 14.9 Å². The van der Waals surface area contributed by atoms with Gasteiger partial charge in [-0.1, -0.05) is 6.07 Å². The monoisotopic (exact) mass is 318 g/mol. The maximum absolute atomic E-state index is 10.8. The number of hydrazone groups is 1. The summed E-state index contributed by atoms with van der Waals surface area (Å²) in [5.74, 6) is 1.13. The van der Waals surface area contributed by atoms with E-state index in [1.165, 1.54) is 6.92 Å². The van der Waals surface area contributed by atoms with Crippen LogP contribution in [-0.2, 0) is 11.4 Å². The van der Waals surface area contributed by atoms with Gasteiger partial charge < -0.3 is 9.47 Å². The summed E-state index contributed by atoms with van der Waals surface area (Å²) in [5.41, 5.74) is 3.18. The number of carbonyl (C=O) groups excluding carboxylic acids is 1. The van der Waals surface area contributed by atoms with E-state index in [-0.39, 0.29) is 5.91 Å². The predicted octanol–water partition coefficient (Wildman–Crippen LogP) is 3.20. The lowest BCUT2D eigenvalue weighted by Crippen LogP contribution is -2.12. The second-order valence-electron chi connectivity index (χ2n) is 4.43. The number of ether oxygens (including phenoxy) is 2. The summed E-state index contributed by atoms with van der Waals surface area (Å²) in [6, 6.07) is 9.55. The number of nitrogens with zero attached hydrogens (tertiary/aromatic N) is 1. The van der Waals surface area contributed by atoms with Crippen molar-refractivity contribution >= 4 is 23.5 Å². The van der Waals surface area contributed by atoms with E-state index in [0.717, 1.165) is 10.4 Å². The Morgan fingerprint density at radius 1 is 1.32 bits per heavy atom. The summed E-state index contributed by atoms with van der Waals surface area (Å²) in [6.07, 6.45) is 1.56. The molecule has 1 amide bonds. The fraction of sp³-hybridized carbons (Fsp3) is 0.250. The van der Waals surface area contributed by atoms with E-state index in [2.05, 4.69) is 10.5 Å². The molecular weight excluding hydrogens is 300 g/mol. The largest absolute Gasteiger partial charge is 0.490 e. The molecule has 0 aliphatic rings. The molecule has 0 unspecified atom stereocenters. The van der Waals surface area contributed by atoms with Gasteiger partial charge in [0.05, 0.1) is 12.8 Å². The van der Waals surface area contributed by atoms with Gasteiger partial charge in [-0.05, 0) is 42.1 Å². The van der Waals surface area contributed by atoms with Crippen LogP contribution in [0.2, 0.25) is 0 Å². The van der Waals surface area contributed by atoms with Gasteiger partial charge >= 0.3 is 0 Å². The Morgan fingerprint density at radius 2 is 2.18 bits per heavy atom. The molecule has 1 N–H and O–H groups in total. The third kappa shape index (κ3) is 4.89. The summed E-state index contributed by atoms with van der Waals surface area (Å²) in [4.78, 5) is 11.9. The summed E-state index contributed by atoms with van der Waals surface area (Å²) in [7, 11) is 0. The number of benzene rings is 1. The second-order valence-corrected chi connectivity index (χ2v) is 5.47. The Hall–Kier alpha value is -2.34. The topological polar surface area (TPSA) is 59.9 Å². The summed E-state index contributed by atoms with van der Waals surface area (Å²) in [6.45, 7) is 4.38. The molecule has 0 aliphatic carbocycles. The highest BCUT2D eigenvalue weighted by molar-refractivity contribution is 7.09. The zero-order valence-electron chi connectivity index (χ0n) is 12.5. The van der Waals surface area contributed by atoms with Crippen LogP contribution in [-0.4, -0.2) is 18.7 Å². The highest BCUT2D eigenvalue weighted by Gasteiger charge is 2.06. The van der Waals surface area contributed by atoms with Crippen molar-refractivity contribution in [2.45, 2.75) is 20.5 Å². The summed E-state index contributed by atoms with van der Waals surface area (Å²) >= 11 is 1.65. The third-order valence-electron chi connectivity index (χ3n) is 2.65. The zero-order valence-corrected chi connectivity index (χ0v) is 13.4. The van der Waals surface area contributed by atoms with Gasteiger partial charge in [-0.3, -0.25) is 4.79 Å². The van der Waals surface area contributed by atoms with Crippen LogP contribution in [0.15, 0.2) is 40.8 Å². The molecule has 22 heavy (non-hydrogen) atoms. The van der Waals surface area contributed by atoms with Crippen LogP contribution in [0.3, 0.4) is 0 Å². The van der Waals surface area contributed by atoms with E-state index in [9.17, 15) is 4.79 Å². The first-order valence-electron chi connectivity index (χ1n) is 6.90. The normalized spacial score (nSPS) is 10.6. The summed E-state index contributed by atoms with van der Waals surface area (Å²) in [5, 5.41) is 5.86. The molecule has 1 heterocycles. The molecule has 0 atom stereocenters. The Labute approximate surface area is 133 Å². The molecule has 0 saturated heterocycles. The molecule has 5 nitrogen and oxygen atoms in total. The van der Waals surface area contributed by atoms with Crippen molar-refractivity contribution in [1.82, 2.24) is 5.43 Å². The van der Waals surface area contributed by atoms with Crippen molar-refractivity contribution in [3.05, 3.63) is 46.2 Å². The van der Waals surface area contributed by atoms with Gasteiger partial charge in [0.2, 0.25) is 5.91 Å². The molecule has 6 heteroatoms. The van der Waals surface area contributed by atoms with Crippen LogP contribution in [0.4, 0.5) is 0 Å². The number of rotatable bonds is 7. The minimum Gasteiger partial charge on any atom is -0.490 e. The molecule has 0 bridgehead atoms. The molecule has 2 rings (SSSR count). The van der Waals surface area contributed by atoms with Gasteiger partial charge in [0.25, 0.3) is 0 Å². The van der Waals surface area contributed by atoms with Crippen LogP contribution in [0, 0.1) is 0 Å². The quantitative estimate of drug-likeness (QED) is 0.630. The Balaban J connectivity index is 2.08. The van der Waals surface area contributed by atoms with E-state index in [0.29, 0.717) is 24.7 Å². The van der Waals surface area contributed by atoms with Gasteiger partial charge in [0, 0.05) is 11.8 Å². The van der Waals surface area contributed by atoms with Crippen LogP contribution in [0.25, 0.3) is 0 Å². The zero-order chi connectivity index (χ0) is 15.8. The van der Waals surface area contributed by atoms with Crippen LogP contribution >= 0.6 is 11.3 Å². The van der Waals surface area contributed by atoms with Crippen LogP contribution in [0.1, 0.15) is 24.3 Å². The maximum atomic E-state index is 10.8. The van der Waals surface area contributed by atoms with Crippen molar-refractivity contribution in [2.24, 2.45) is 5.10 Å². The van der Waals surface area contributed by atoms with Gasteiger partial charge in [-0.25, -0.2) is 5.43 Å². The molecule has 0 fully saturated rings. The first kappa shape index (κ1) is 16.0. The third-order valence-corrected chi connectivity index (χ3v) is 3.50. The number of hydrogen-bond donors (Lipinski definition) is 1. The molecule has 0 aliphatic heterocycles. The van der Waals surface area contributed by atoms with Gasteiger partial charge in [-0.2, -0.15) is 5.10 Å². The maximum Gasteiger partial charge on any atom is 0.236 e. The lowest BCUT2D eigenvalue weighted by Gasteiger charge is -2.12. The highest BCUT2D eigenvalue weighted by atomic mass is 32.1. The summed E-state index contributed by atoms with van der Waals surface area (Å²) < 4.78 is 11.4. The Bertz CT molecular complexity index is 639. The number of hydrogen-bond acceptors (Lipinski definition) is 5. The molecule has 1 aromatic heterocycles. The van der Waals surface area contributed by atoms with Gasteiger partial charge in [0.15, 0.2) is 11.5 Å². The van der Waals surface area contributed by atoms with E-state index in [1.807, 2.05) is 42.6 Å². The molecule has 116 valence electrons. The van der Waals surface area contributed by atoms with Crippen LogP contribution in [0.5, 0.6) is 11.5 Å². The van der Waals surface area contributed by atoms with Gasteiger partial charge in [0.1, 0.15) is 6.61 Å². The first-order valence-corrected chi connectivity index (χ1v) is 7.78. The van der Waals surface area contributed by atoms with Crippen molar-refractivity contribution in [3.8, 4) is 11.5 Å². The van der Waals surface area contributed by atoms with Crippen molar-refractivity contribution in [3.63, 3.8) is 0 Å². The number of carbonyl (C=O) groups is 1. The molecule has 1 aromatic carbocycles. The number of thiophene rings is 1. The molecular formula is C16H18N2O3S. The van der Waals surface area contributed by atoms with E-state index >= 15 is 0 Å². The number of nitrogens with one attached hydrogen (secondary N) is 1. The second kappa shape index (κ2) is 8.19. The SMILES string of the molecule is CCOc1cc(/C=N\NC(C)=O)ccc1OCc1cccs1. The Morgan fingerprint density at radius 3 is 2.86 bits per heavy atom. The lowest BCUT2D eigenvalue weighted by atomic mass is 10.2. The standard InChI is InChI=1S/C16H18N2O3S/c1-3-20-16-9-13(10-17-18-12(2)19)6-7-15(16)21-11-14-5-4-8-22-14/h4-10H,3,11H2,1-2H3,(H,18,19)/b17-10-. The number of amides is 1. The molecule has 0 spiro atoms. The van der Waals surface area contributed by atoms with Gasteiger partial charge in [-0.15, -0.1) is 11.3 Å². The average molecular weight is 318 g/mol. The average Bonchev–Trinajstić information content (AvgIpc) is 3.00. The first-order chi connectivity index (χ1) is 10.7. The fourth-order valence-corrected chi connectivity index (χ4v) is 2.35. The van der Waals surface area contributed by atoms with E-state index < -0.39 is 0 Å². The molecule has 0 saturated carbocycles.